The second kappa shape index (κ2) is 14.2. The summed E-state index contributed by atoms with van der Waals surface area (Å²) in [7, 11) is 1.57. The molecule has 0 spiro atoms. The lowest BCUT2D eigenvalue weighted by Crippen LogP contribution is -2.28. The number of aliphatic carboxylic acids is 1. The Kier molecular flexibility index (Phi) is 10.7. The molecule has 2 aromatic rings. The fraction of sp³-hybridized carbons (Fsp3) is 0.448. The SMILES string of the molecule is CC=Cc1c(OCCCOc2cccc(OCC(=O)O)c2CCC)ccc(C(=O)N2CCCC2)c1OC. The lowest BCUT2D eigenvalue weighted by molar-refractivity contribution is -0.139. The third-order valence-corrected chi connectivity index (χ3v) is 6.06. The minimum atomic E-state index is -1.02. The molecule has 1 heterocycles. The third-order valence-electron chi connectivity index (χ3n) is 6.06. The van der Waals surface area contributed by atoms with Crippen LogP contribution < -0.4 is 18.9 Å². The number of benzene rings is 2. The van der Waals surface area contributed by atoms with Gasteiger partial charge in [0.1, 0.15) is 23.0 Å². The first-order valence-corrected chi connectivity index (χ1v) is 12.8. The highest BCUT2D eigenvalue weighted by Crippen LogP contribution is 2.35. The lowest BCUT2D eigenvalue weighted by Gasteiger charge is -2.20. The molecule has 200 valence electrons. The van der Waals surface area contributed by atoms with E-state index in [-0.39, 0.29) is 5.91 Å². The van der Waals surface area contributed by atoms with E-state index in [1.165, 1.54) is 0 Å². The normalized spacial score (nSPS) is 13.1. The predicted octanol–water partition coefficient (Wildman–Crippen LogP) is 5.23. The van der Waals surface area contributed by atoms with Gasteiger partial charge in [-0.3, -0.25) is 4.79 Å². The molecule has 1 saturated heterocycles. The first-order valence-electron chi connectivity index (χ1n) is 12.8. The fourth-order valence-electron chi connectivity index (χ4n) is 4.39. The van der Waals surface area contributed by atoms with Crippen LogP contribution >= 0.6 is 0 Å². The molecule has 8 nitrogen and oxygen atoms in total. The van der Waals surface area contributed by atoms with E-state index in [1.54, 1.807) is 25.3 Å². The monoisotopic (exact) mass is 511 g/mol. The molecule has 37 heavy (non-hydrogen) atoms. The van der Waals surface area contributed by atoms with Gasteiger partial charge in [-0.2, -0.15) is 0 Å². The molecule has 0 saturated carbocycles. The van der Waals surface area contributed by atoms with Crippen molar-refractivity contribution < 1.29 is 33.6 Å². The van der Waals surface area contributed by atoms with Gasteiger partial charge in [0, 0.05) is 25.1 Å². The van der Waals surface area contributed by atoms with Crippen LogP contribution in [0.4, 0.5) is 0 Å². The molecule has 3 rings (SSSR count). The summed E-state index contributed by atoms with van der Waals surface area (Å²) in [6.45, 7) is 5.93. The summed E-state index contributed by atoms with van der Waals surface area (Å²) in [5.74, 6) is 1.34. The Morgan fingerprint density at radius 1 is 1.00 bits per heavy atom. The number of allylic oxidation sites excluding steroid dienone is 1. The first-order chi connectivity index (χ1) is 18.0. The summed E-state index contributed by atoms with van der Waals surface area (Å²) in [5, 5.41) is 8.94. The number of carbonyl (C=O) groups is 2. The molecule has 0 radical (unpaired) electrons. The quantitative estimate of drug-likeness (QED) is 0.347. The number of carboxylic acid groups (broad SMARTS) is 1. The Labute approximate surface area is 218 Å². The minimum Gasteiger partial charge on any atom is -0.495 e. The zero-order chi connectivity index (χ0) is 26.6. The molecule has 0 aromatic heterocycles. The van der Waals surface area contributed by atoms with Gasteiger partial charge < -0.3 is 29.0 Å². The highest BCUT2D eigenvalue weighted by molar-refractivity contribution is 5.98. The molecule has 1 amide bonds. The van der Waals surface area contributed by atoms with Gasteiger partial charge >= 0.3 is 5.97 Å². The maximum Gasteiger partial charge on any atom is 0.341 e. The van der Waals surface area contributed by atoms with Gasteiger partial charge in [0.15, 0.2) is 6.61 Å². The number of rotatable bonds is 14. The van der Waals surface area contributed by atoms with E-state index in [1.807, 2.05) is 43.0 Å². The van der Waals surface area contributed by atoms with Crippen molar-refractivity contribution in [2.45, 2.75) is 46.0 Å². The second-order valence-electron chi connectivity index (χ2n) is 8.77. The summed E-state index contributed by atoms with van der Waals surface area (Å²) < 4.78 is 23.2. The Hall–Kier alpha value is -3.68. The number of carboxylic acids is 1. The van der Waals surface area contributed by atoms with Crippen LogP contribution in [0.2, 0.25) is 0 Å². The van der Waals surface area contributed by atoms with E-state index >= 15 is 0 Å². The fourth-order valence-corrected chi connectivity index (χ4v) is 4.39. The molecular formula is C29H37NO7. The van der Waals surface area contributed by atoms with Crippen LogP contribution in [0, 0.1) is 0 Å². The minimum absolute atomic E-state index is 0.0162. The van der Waals surface area contributed by atoms with Crippen molar-refractivity contribution >= 4 is 18.0 Å². The summed E-state index contributed by atoms with van der Waals surface area (Å²) in [4.78, 5) is 25.8. The Balaban J connectivity index is 1.64. The number of amides is 1. The highest BCUT2D eigenvalue weighted by atomic mass is 16.5. The van der Waals surface area contributed by atoms with Crippen molar-refractivity contribution in [2.24, 2.45) is 0 Å². The molecule has 8 heteroatoms. The van der Waals surface area contributed by atoms with Crippen molar-refractivity contribution in [3.63, 3.8) is 0 Å². The molecule has 1 aliphatic rings. The Bertz CT molecular complexity index is 1090. The molecule has 1 N–H and O–H groups in total. The Morgan fingerprint density at radius 2 is 1.68 bits per heavy atom. The average molecular weight is 512 g/mol. The number of hydrogen-bond acceptors (Lipinski definition) is 6. The topological polar surface area (TPSA) is 94.5 Å². The van der Waals surface area contributed by atoms with Gasteiger partial charge in [-0.25, -0.2) is 4.79 Å². The zero-order valence-electron chi connectivity index (χ0n) is 22.0. The maximum atomic E-state index is 13.0. The lowest BCUT2D eigenvalue weighted by atomic mass is 10.1. The average Bonchev–Trinajstić information content (AvgIpc) is 3.44. The standard InChI is InChI=1S/C29H37NO7/c1-4-10-21-24(12-8-13-25(21)37-20-27(31)32)35-18-9-19-36-26-15-14-23(28(34-3)22(26)11-5-2)29(33)30-16-6-7-17-30/h5,8,11-15H,4,6-7,9-10,16-20H2,1-3H3,(H,31,32). The molecule has 0 bridgehead atoms. The van der Waals surface area contributed by atoms with Gasteiger partial charge in [0.05, 0.1) is 31.5 Å². The number of nitrogens with zero attached hydrogens (tertiary/aromatic N) is 1. The summed E-state index contributed by atoms with van der Waals surface area (Å²) in [6.07, 6.45) is 8.06. The molecule has 1 aliphatic heterocycles. The first kappa shape index (κ1) is 27.9. The number of likely N-dealkylation sites (tertiary alicyclic amines) is 1. The third kappa shape index (κ3) is 7.41. The van der Waals surface area contributed by atoms with Gasteiger partial charge in [-0.05, 0) is 50.5 Å². The number of ether oxygens (including phenoxy) is 4. The van der Waals surface area contributed by atoms with Crippen molar-refractivity contribution in [3.05, 3.63) is 53.1 Å². The van der Waals surface area contributed by atoms with E-state index in [4.69, 9.17) is 24.1 Å². The molecule has 0 unspecified atom stereocenters. The number of methoxy groups -OCH3 is 1. The largest absolute Gasteiger partial charge is 0.495 e. The summed E-state index contributed by atoms with van der Waals surface area (Å²) in [6, 6.07) is 9.02. The van der Waals surface area contributed by atoms with Crippen LogP contribution in [0.25, 0.3) is 6.08 Å². The molecule has 0 atom stereocenters. The van der Waals surface area contributed by atoms with Crippen molar-refractivity contribution in [1.82, 2.24) is 4.90 Å². The maximum absolute atomic E-state index is 13.0. The van der Waals surface area contributed by atoms with Crippen LogP contribution in [0.15, 0.2) is 36.4 Å². The van der Waals surface area contributed by atoms with Crippen LogP contribution in [-0.2, 0) is 11.2 Å². The van der Waals surface area contributed by atoms with Gasteiger partial charge in [-0.15, -0.1) is 0 Å². The summed E-state index contributed by atoms with van der Waals surface area (Å²) in [5.41, 5.74) is 2.15. The van der Waals surface area contributed by atoms with Gasteiger partial charge in [-0.1, -0.05) is 31.6 Å². The molecule has 1 fully saturated rings. The highest BCUT2D eigenvalue weighted by Gasteiger charge is 2.25. The molecular weight excluding hydrogens is 474 g/mol. The van der Waals surface area contributed by atoms with E-state index in [9.17, 15) is 9.59 Å². The zero-order valence-corrected chi connectivity index (χ0v) is 22.0. The van der Waals surface area contributed by atoms with Crippen molar-refractivity contribution in [1.29, 1.82) is 0 Å². The van der Waals surface area contributed by atoms with Crippen molar-refractivity contribution in [3.8, 4) is 23.0 Å². The van der Waals surface area contributed by atoms with E-state index < -0.39 is 12.6 Å². The van der Waals surface area contributed by atoms with E-state index in [0.717, 1.165) is 49.9 Å². The van der Waals surface area contributed by atoms with Gasteiger partial charge in [0.25, 0.3) is 5.91 Å². The molecule has 0 aliphatic carbocycles. The number of carbonyl (C=O) groups excluding carboxylic acids is 1. The predicted molar refractivity (Wildman–Crippen MR) is 142 cm³/mol. The summed E-state index contributed by atoms with van der Waals surface area (Å²) >= 11 is 0. The van der Waals surface area contributed by atoms with E-state index in [2.05, 4.69) is 0 Å². The van der Waals surface area contributed by atoms with Gasteiger partial charge in [0.2, 0.25) is 0 Å². The smallest absolute Gasteiger partial charge is 0.341 e. The van der Waals surface area contributed by atoms with Crippen LogP contribution in [-0.4, -0.2) is 61.9 Å². The van der Waals surface area contributed by atoms with Crippen LogP contribution in [0.3, 0.4) is 0 Å². The van der Waals surface area contributed by atoms with Crippen molar-refractivity contribution in [2.75, 3.05) is 40.0 Å². The Morgan fingerprint density at radius 3 is 2.30 bits per heavy atom. The second-order valence-corrected chi connectivity index (χ2v) is 8.77. The molecule has 2 aromatic carbocycles. The van der Waals surface area contributed by atoms with Crippen LogP contribution in [0.5, 0.6) is 23.0 Å². The van der Waals surface area contributed by atoms with Crippen LogP contribution in [0.1, 0.15) is 61.0 Å². The number of hydrogen-bond donors (Lipinski definition) is 1. The van der Waals surface area contributed by atoms with E-state index in [0.29, 0.717) is 48.2 Å².